The first-order valence-electron chi connectivity index (χ1n) is 6.94. The molecule has 2 aliphatic rings. The van der Waals surface area contributed by atoms with Crippen molar-refractivity contribution >= 4 is 18.8 Å². The number of nitrogens with one attached hydrogen (secondary N) is 1. The summed E-state index contributed by atoms with van der Waals surface area (Å²) in [5, 5.41) is 3.09. The molecule has 0 saturated heterocycles. The SMILES string of the molecule is CCC1=C(C)C(=C2NC(C=O)(C=O)C(CC)=C2C)N=C1. The molecule has 0 aliphatic carbocycles. The van der Waals surface area contributed by atoms with Crippen molar-refractivity contribution < 1.29 is 9.59 Å². The second-order valence-electron chi connectivity index (χ2n) is 5.17. The quantitative estimate of drug-likeness (QED) is 0.632. The number of hydrogen-bond acceptors (Lipinski definition) is 4. The van der Waals surface area contributed by atoms with Crippen LogP contribution in [-0.2, 0) is 9.59 Å². The number of aliphatic imine (C=N–C) groups is 1. The lowest BCUT2D eigenvalue weighted by molar-refractivity contribution is -0.120. The Morgan fingerprint density at radius 2 is 1.80 bits per heavy atom. The summed E-state index contributed by atoms with van der Waals surface area (Å²) in [6.45, 7) is 8.00. The lowest BCUT2D eigenvalue weighted by Crippen LogP contribution is -2.45. The molecule has 0 aromatic carbocycles. The molecule has 2 heterocycles. The van der Waals surface area contributed by atoms with E-state index in [1.807, 2.05) is 27.0 Å². The van der Waals surface area contributed by atoms with E-state index in [4.69, 9.17) is 0 Å². The molecule has 106 valence electrons. The second kappa shape index (κ2) is 5.19. The Morgan fingerprint density at radius 3 is 2.20 bits per heavy atom. The van der Waals surface area contributed by atoms with Crippen molar-refractivity contribution in [2.45, 2.75) is 46.1 Å². The predicted octanol–water partition coefficient (Wildman–Crippen LogP) is 2.48. The van der Waals surface area contributed by atoms with E-state index < -0.39 is 5.54 Å². The molecule has 4 heteroatoms. The van der Waals surface area contributed by atoms with Crippen LogP contribution in [0.25, 0.3) is 0 Å². The molecule has 4 nitrogen and oxygen atoms in total. The molecule has 1 N–H and O–H groups in total. The molecule has 0 unspecified atom stereocenters. The highest BCUT2D eigenvalue weighted by atomic mass is 16.1. The maximum atomic E-state index is 11.4. The Kier molecular flexibility index (Phi) is 3.75. The van der Waals surface area contributed by atoms with Crippen LogP contribution in [0.4, 0.5) is 0 Å². The van der Waals surface area contributed by atoms with Gasteiger partial charge in [0, 0.05) is 6.21 Å². The van der Waals surface area contributed by atoms with Crippen LogP contribution in [0.5, 0.6) is 0 Å². The lowest BCUT2D eigenvalue weighted by atomic mass is 9.91. The molecule has 0 bridgehead atoms. The first kappa shape index (κ1) is 14.4. The molecule has 0 aromatic heterocycles. The van der Waals surface area contributed by atoms with Gasteiger partial charge in [0.2, 0.25) is 0 Å². The third-order valence-electron chi connectivity index (χ3n) is 4.19. The Morgan fingerprint density at radius 1 is 1.15 bits per heavy atom. The normalized spacial score (nSPS) is 24.4. The molecule has 20 heavy (non-hydrogen) atoms. The molecule has 2 rings (SSSR count). The fourth-order valence-electron chi connectivity index (χ4n) is 2.96. The molecule has 0 saturated carbocycles. The van der Waals surface area contributed by atoms with Gasteiger partial charge >= 0.3 is 0 Å². The van der Waals surface area contributed by atoms with Gasteiger partial charge in [-0.3, -0.25) is 14.6 Å². The average molecular weight is 272 g/mol. The summed E-state index contributed by atoms with van der Waals surface area (Å²) >= 11 is 0. The third-order valence-corrected chi connectivity index (χ3v) is 4.19. The molecular formula is C16H20N2O2. The minimum atomic E-state index is -1.22. The monoisotopic (exact) mass is 272 g/mol. The van der Waals surface area contributed by atoms with E-state index in [9.17, 15) is 9.59 Å². The number of hydrogen-bond donors (Lipinski definition) is 1. The largest absolute Gasteiger partial charge is 0.362 e. The maximum absolute atomic E-state index is 11.4. The van der Waals surface area contributed by atoms with E-state index in [0.717, 1.165) is 34.5 Å². The number of carbonyl (C=O) groups excluding carboxylic acids is 2. The van der Waals surface area contributed by atoms with E-state index in [-0.39, 0.29) is 0 Å². The van der Waals surface area contributed by atoms with Crippen molar-refractivity contribution in [3.63, 3.8) is 0 Å². The van der Waals surface area contributed by atoms with Crippen LogP contribution < -0.4 is 5.32 Å². The standard InChI is InChI=1S/C16H20N2O2/c1-5-12-7-17-14(10(12)3)15-11(4)13(6-2)16(8-19,9-20)18-15/h7-9,18H,5-6H2,1-4H3. The molecule has 2 aliphatic heterocycles. The van der Waals surface area contributed by atoms with E-state index in [0.29, 0.717) is 19.0 Å². The summed E-state index contributed by atoms with van der Waals surface area (Å²) in [6.07, 6.45) is 4.81. The minimum absolute atomic E-state index is 0.653. The van der Waals surface area contributed by atoms with Gasteiger partial charge in [0.1, 0.15) is 0 Å². The van der Waals surface area contributed by atoms with Gasteiger partial charge in [0.25, 0.3) is 0 Å². The van der Waals surface area contributed by atoms with Crippen LogP contribution in [0.2, 0.25) is 0 Å². The fraction of sp³-hybridized carbons (Fsp3) is 0.438. The highest BCUT2D eigenvalue weighted by molar-refractivity contribution is 5.97. The molecule has 0 radical (unpaired) electrons. The fourth-order valence-corrected chi connectivity index (χ4v) is 2.96. The summed E-state index contributed by atoms with van der Waals surface area (Å²) in [5.74, 6) is 0. The summed E-state index contributed by atoms with van der Waals surface area (Å²) in [5.41, 5.74) is 4.52. The summed E-state index contributed by atoms with van der Waals surface area (Å²) in [4.78, 5) is 27.3. The number of aldehydes is 2. The van der Waals surface area contributed by atoms with Gasteiger partial charge in [-0.05, 0) is 49.0 Å². The smallest absolute Gasteiger partial charge is 0.171 e. The first-order chi connectivity index (χ1) is 9.54. The van der Waals surface area contributed by atoms with Gasteiger partial charge in [-0.1, -0.05) is 13.8 Å². The van der Waals surface area contributed by atoms with Crippen LogP contribution in [0, 0.1) is 0 Å². The van der Waals surface area contributed by atoms with Gasteiger partial charge < -0.3 is 5.32 Å². The number of nitrogens with zero attached hydrogens (tertiary/aromatic N) is 1. The maximum Gasteiger partial charge on any atom is 0.171 e. The lowest BCUT2D eigenvalue weighted by Gasteiger charge is -2.20. The molecule has 0 fully saturated rings. The van der Waals surface area contributed by atoms with Gasteiger partial charge in [-0.25, -0.2) is 0 Å². The van der Waals surface area contributed by atoms with Gasteiger partial charge in [0.05, 0.1) is 11.4 Å². The molecular weight excluding hydrogens is 252 g/mol. The van der Waals surface area contributed by atoms with Gasteiger partial charge in [-0.2, -0.15) is 0 Å². The van der Waals surface area contributed by atoms with E-state index in [2.05, 4.69) is 17.2 Å². The van der Waals surface area contributed by atoms with Crippen molar-refractivity contribution in [1.29, 1.82) is 0 Å². The zero-order valence-corrected chi connectivity index (χ0v) is 12.4. The molecule has 0 amide bonds. The van der Waals surface area contributed by atoms with Crippen molar-refractivity contribution in [1.82, 2.24) is 5.32 Å². The van der Waals surface area contributed by atoms with E-state index in [1.54, 1.807) is 0 Å². The Labute approximate surface area is 119 Å². The highest BCUT2D eigenvalue weighted by Crippen LogP contribution is 2.37. The van der Waals surface area contributed by atoms with E-state index in [1.165, 1.54) is 5.57 Å². The number of carbonyl (C=O) groups is 2. The van der Waals surface area contributed by atoms with Crippen LogP contribution in [0.15, 0.2) is 38.7 Å². The zero-order chi connectivity index (χ0) is 14.9. The Hall–Kier alpha value is -1.97. The zero-order valence-electron chi connectivity index (χ0n) is 12.4. The van der Waals surface area contributed by atoms with Crippen LogP contribution in [0.3, 0.4) is 0 Å². The van der Waals surface area contributed by atoms with E-state index >= 15 is 0 Å². The van der Waals surface area contributed by atoms with Crippen LogP contribution >= 0.6 is 0 Å². The van der Waals surface area contributed by atoms with Crippen molar-refractivity contribution in [2.24, 2.45) is 4.99 Å². The summed E-state index contributed by atoms with van der Waals surface area (Å²) < 4.78 is 0. The molecule has 0 spiro atoms. The summed E-state index contributed by atoms with van der Waals surface area (Å²) in [7, 11) is 0. The van der Waals surface area contributed by atoms with Crippen LogP contribution in [-0.4, -0.2) is 24.3 Å². The third kappa shape index (κ3) is 1.87. The first-order valence-corrected chi connectivity index (χ1v) is 6.94. The Bertz CT molecular complexity index is 584. The van der Waals surface area contributed by atoms with Gasteiger partial charge in [-0.15, -0.1) is 0 Å². The predicted molar refractivity (Wildman–Crippen MR) is 79.5 cm³/mol. The van der Waals surface area contributed by atoms with Crippen LogP contribution in [0.1, 0.15) is 40.5 Å². The van der Waals surface area contributed by atoms with Crippen molar-refractivity contribution in [3.8, 4) is 0 Å². The number of allylic oxidation sites excluding steroid dienone is 3. The van der Waals surface area contributed by atoms with Gasteiger partial charge in [0.15, 0.2) is 18.1 Å². The average Bonchev–Trinajstić information content (AvgIpc) is 2.96. The highest BCUT2D eigenvalue weighted by Gasteiger charge is 2.42. The molecule has 0 aromatic rings. The molecule has 0 atom stereocenters. The second-order valence-corrected chi connectivity index (χ2v) is 5.17. The topological polar surface area (TPSA) is 58.5 Å². The van der Waals surface area contributed by atoms with Crippen molar-refractivity contribution in [3.05, 3.63) is 33.7 Å². The Balaban J connectivity index is 2.61. The summed E-state index contributed by atoms with van der Waals surface area (Å²) in [6, 6.07) is 0. The number of rotatable bonds is 4. The minimum Gasteiger partial charge on any atom is -0.362 e. The van der Waals surface area contributed by atoms with Crippen molar-refractivity contribution in [2.75, 3.05) is 0 Å².